The van der Waals surface area contributed by atoms with Crippen LogP contribution >= 0.6 is 0 Å². The smallest absolute Gasteiger partial charge is 0.305 e. The molecule has 1 atom stereocenters. The number of hydrogen-bond donors (Lipinski definition) is 0. The van der Waals surface area contributed by atoms with E-state index in [0.717, 1.165) is 0 Å². The number of ether oxygens (including phenoxy) is 3. The fourth-order valence-corrected chi connectivity index (χ4v) is 0.956. The lowest BCUT2D eigenvalue weighted by atomic mass is 10.4. The highest BCUT2D eigenvalue weighted by Gasteiger charge is 2.15. The van der Waals surface area contributed by atoms with Gasteiger partial charge in [-0.05, 0) is 0 Å². The fourth-order valence-electron chi connectivity index (χ4n) is 0.956. The predicted octanol–water partition coefficient (Wildman–Crippen LogP) is 1.46. The van der Waals surface area contributed by atoms with Crippen molar-refractivity contribution in [3.63, 3.8) is 0 Å². The van der Waals surface area contributed by atoms with Gasteiger partial charge in [0.15, 0.2) is 6.10 Å². The molecule has 0 fully saturated rings. The first-order valence-corrected chi connectivity index (χ1v) is 5.67. The van der Waals surface area contributed by atoms with E-state index < -0.39 is 6.10 Å². The Morgan fingerprint density at radius 2 is 1.82 bits per heavy atom. The first-order chi connectivity index (χ1) is 8.13. The Hall–Kier alpha value is -1.36. The van der Waals surface area contributed by atoms with Crippen LogP contribution in [0.3, 0.4) is 0 Å². The van der Waals surface area contributed by atoms with E-state index in [9.17, 15) is 9.59 Å². The summed E-state index contributed by atoms with van der Waals surface area (Å²) >= 11 is 0. The molecule has 0 aromatic carbocycles. The minimum Gasteiger partial charge on any atom is -0.462 e. The van der Waals surface area contributed by atoms with Gasteiger partial charge in [0.25, 0.3) is 0 Å². The molecule has 0 aromatic heterocycles. The number of hydrogen-bond acceptors (Lipinski definition) is 5. The highest BCUT2D eigenvalue weighted by molar-refractivity contribution is 5.69. The average Bonchev–Trinajstić information content (AvgIpc) is 2.35. The monoisotopic (exact) mass is 244 g/mol. The lowest BCUT2D eigenvalue weighted by Gasteiger charge is -2.17. The Balaban J connectivity index is 4.04. The van der Waals surface area contributed by atoms with Crippen molar-refractivity contribution in [1.82, 2.24) is 0 Å². The summed E-state index contributed by atoms with van der Waals surface area (Å²) in [5, 5.41) is 0. The number of esters is 2. The number of carbonyl (C=O) groups excluding carboxylic acids is 2. The molecule has 0 saturated carbocycles. The van der Waals surface area contributed by atoms with Gasteiger partial charge in [0.05, 0.1) is 13.2 Å². The maximum Gasteiger partial charge on any atom is 0.305 e. The average molecular weight is 244 g/mol. The Morgan fingerprint density at radius 3 is 2.35 bits per heavy atom. The van der Waals surface area contributed by atoms with E-state index in [1.165, 1.54) is 0 Å². The molecule has 0 saturated heterocycles. The molecule has 0 heterocycles. The van der Waals surface area contributed by atoms with Crippen LogP contribution in [0.1, 0.15) is 26.7 Å². The third-order valence-corrected chi connectivity index (χ3v) is 1.85. The van der Waals surface area contributed by atoms with Gasteiger partial charge in [-0.15, -0.1) is 6.58 Å². The minimum atomic E-state index is -0.558. The van der Waals surface area contributed by atoms with Crippen LogP contribution in [0.25, 0.3) is 0 Å². The molecule has 0 aromatic rings. The van der Waals surface area contributed by atoms with E-state index in [2.05, 4.69) is 6.58 Å². The van der Waals surface area contributed by atoms with Crippen LogP contribution in [0.2, 0.25) is 0 Å². The summed E-state index contributed by atoms with van der Waals surface area (Å²) in [4.78, 5) is 22.1. The van der Waals surface area contributed by atoms with E-state index >= 15 is 0 Å². The van der Waals surface area contributed by atoms with Gasteiger partial charge in [0.1, 0.15) is 6.61 Å². The van der Waals surface area contributed by atoms with Gasteiger partial charge in [-0.25, -0.2) is 0 Å². The number of carbonyl (C=O) groups is 2. The van der Waals surface area contributed by atoms with Crippen molar-refractivity contribution in [3.8, 4) is 0 Å². The van der Waals surface area contributed by atoms with Crippen molar-refractivity contribution in [2.45, 2.75) is 32.8 Å². The molecule has 0 amide bonds. The SMILES string of the molecule is C=CCOCC(COC(=O)CC)OC(=O)CC. The summed E-state index contributed by atoms with van der Waals surface area (Å²) in [5.74, 6) is -0.670. The van der Waals surface area contributed by atoms with Gasteiger partial charge in [0, 0.05) is 12.8 Å². The van der Waals surface area contributed by atoms with Crippen molar-refractivity contribution in [2.75, 3.05) is 19.8 Å². The summed E-state index contributed by atoms with van der Waals surface area (Å²) in [6, 6.07) is 0. The molecular formula is C12H20O5. The van der Waals surface area contributed by atoms with Crippen LogP contribution in [-0.4, -0.2) is 37.9 Å². The van der Waals surface area contributed by atoms with Crippen LogP contribution in [0.15, 0.2) is 12.7 Å². The van der Waals surface area contributed by atoms with Crippen molar-refractivity contribution in [3.05, 3.63) is 12.7 Å². The topological polar surface area (TPSA) is 61.8 Å². The zero-order valence-electron chi connectivity index (χ0n) is 10.4. The number of rotatable bonds is 9. The minimum absolute atomic E-state index is 0.0234. The molecule has 0 bridgehead atoms. The van der Waals surface area contributed by atoms with Crippen LogP contribution in [0.4, 0.5) is 0 Å². The molecule has 0 aliphatic rings. The van der Waals surface area contributed by atoms with Crippen molar-refractivity contribution in [1.29, 1.82) is 0 Å². The maximum atomic E-state index is 11.1. The summed E-state index contributed by atoms with van der Waals surface area (Å²) in [6.07, 6.45) is 1.61. The summed E-state index contributed by atoms with van der Waals surface area (Å²) in [6.45, 7) is 7.47. The second-order valence-electron chi connectivity index (χ2n) is 3.33. The standard InChI is InChI=1S/C12H20O5/c1-4-7-15-8-10(17-12(14)6-3)9-16-11(13)5-2/h4,10H,1,5-9H2,2-3H3. The molecule has 0 aliphatic heterocycles. The molecule has 0 rings (SSSR count). The first-order valence-electron chi connectivity index (χ1n) is 5.67. The predicted molar refractivity (Wildman–Crippen MR) is 62.4 cm³/mol. The van der Waals surface area contributed by atoms with E-state index in [1.54, 1.807) is 19.9 Å². The second kappa shape index (κ2) is 9.84. The van der Waals surface area contributed by atoms with Crippen LogP contribution in [0.5, 0.6) is 0 Å². The summed E-state index contributed by atoms with van der Waals surface area (Å²) in [5.41, 5.74) is 0. The lowest BCUT2D eigenvalue weighted by Crippen LogP contribution is -2.29. The summed E-state index contributed by atoms with van der Waals surface area (Å²) in [7, 11) is 0. The molecule has 0 radical (unpaired) electrons. The summed E-state index contributed by atoms with van der Waals surface area (Å²) < 4.78 is 15.1. The quantitative estimate of drug-likeness (QED) is 0.349. The highest BCUT2D eigenvalue weighted by atomic mass is 16.6. The molecule has 17 heavy (non-hydrogen) atoms. The molecule has 5 heteroatoms. The molecule has 0 aliphatic carbocycles. The van der Waals surface area contributed by atoms with Crippen LogP contribution in [0, 0.1) is 0 Å². The molecule has 0 N–H and O–H groups in total. The molecule has 98 valence electrons. The maximum absolute atomic E-state index is 11.1. The lowest BCUT2D eigenvalue weighted by molar-refractivity contribution is -0.162. The van der Waals surface area contributed by atoms with E-state index in [0.29, 0.717) is 13.0 Å². The van der Waals surface area contributed by atoms with Gasteiger partial charge in [-0.1, -0.05) is 19.9 Å². The Kier molecular flexibility index (Phi) is 9.05. The highest BCUT2D eigenvalue weighted by Crippen LogP contribution is 1.99. The van der Waals surface area contributed by atoms with E-state index in [1.807, 2.05) is 0 Å². The molecule has 5 nitrogen and oxygen atoms in total. The first kappa shape index (κ1) is 15.6. The Bertz CT molecular complexity index is 249. The largest absolute Gasteiger partial charge is 0.462 e. The van der Waals surface area contributed by atoms with Gasteiger partial charge in [0.2, 0.25) is 0 Å². The van der Waals surface area contributed by atoms with Gasteiger partial charge < -0.3 is 14.2 Å². The van der Waals surface area contributed by atoms with Gasteiger partial charge in [-0.2, -0.15) is 0 Å². The Morgan fingerprint density at radius 1 is 1.18 bits per heavy atom. The van der Waals surface area contributed by atoms with Crippen molar-refractivity contribution >= 4 is 11.9 Å². The zero-order valence-corrected chi connectivity index (χ0v) is 10.4. The normalized spacial score (nSPS) is 11.6. The van der Waals surface area contributed by atoms with E-state index in [4.69, 9.17) is 14.2 Å². The molecule has 0 spiro atoms. The second-order valence-corrected chi connectivity index (χ2v) is 3.33. The van der Waals surface area contributed by atoms with Gasteiger partial charge in [-0.3, -0.25) is 9.59 Å². The van der Waals surface area contributed by atoms with Crippen molar-refractivity contribution in [2.24, 2.45) is 0 Å². The third-order valence-electron chi connectivity index (χ3n) is 1.85. The van der Waals surface area contributed by atoms with Crippen LogP contribution in [-0.2, 0) is 23.8 Å². The molecular weight excluding hydrogens is 224 g/mol. The molecule has 1 unspecified atom stereocenters. The Labute approximate surface area is 102 Å². The van der Waals surface area contributed by atoms with E-state index in [-0.39, 0.29) is 31.6 Å². The fraction of sp³-hybridized carbons (Fsp3) is 0.667. The van der Waals surface area contributed by atoms with Gasteiger partial charge >= 0.3 is 11.9 Å². The third kappa shape index (κ3) is 8.45. The van der Waals surface area contributed by atoms with Crippen LogP contribution < -0.4 is 0 Å². The van der Waals surface area contributed by atoms with Crippen molar-refractivity contribution < 1.29 is 23.8 Å². The zero-order chi connectivity index (χ0) is 13.1.